The molecule has 1 saturated heterocycles. The molecule has 1 aliphatic rings. The van der Waals surface area contributed by atoms with Crippen LogP contribution in [0.15, 0.2) is 24.3 Å². The molecule has 1 aromatic carbocycles. The van der Waals surface area contributed by atoms with Gasteiger partial charge in [0.05, 0.1) is 5.54 Å². The number of halogens is 1. The van der Waals surface area contributed by atoms with Crippen molar-refractivity contribution in [3.05, 3.63) is 34.9 Å². The number of hydrogen-bond donors (Lipinski definition) is 1. The zero-order chi connectivity index (χ0) is 21.2. The second-order valence-corrected chi connectivity index (χ2v) is 9.62. The Labute approximate surface area is 172 Å². The number of rotatable bonds is 2. The van der Waals surface area contributed by atoms with Gasteiger partial charge in [0.15, 0.2) is 0 Å². The van der Waals surface area contributed by atoms with Gasteiger partial charge in [0.25, 0.3) is 0 Å². The number of ether oxygens (including phenoxy) is 2. The summed E-state index contributed by atoms with van der Waals surface area (Å²) >= 11 is 6.03. The number of nitrogens with one attached hydrogen (secondary N) is 1. The molecule has 0 aromatic heterocycles. The van der Waals surface area contributed by atoms with Crippen LogP contribution in [0, 0.1) is 0 Å². The predicted molar refractivity (Wildman–Crippen MR) is 110 cm³/mol. The summed E-state index contributed by atoms with van der Waals surface area (Å²) in [6.45, 7) is 11.9. The van der Waals surface area contributed by atoms with Crippen LogP contribution in [0.25, 0.3) is 0 Å². The van der Waals surface area contributed by atoms with Gasteiger partial charge in [-0.15, -0.1) is 0 Å². The largest absolute Gasteiger partial charge is 0.444 e. The fourth-order valence-corrected chi connectivity index (χ4v) is 3.28. The highest BCUT2D eigenvalue weighted by molar-refractivity contribution is 6.30. The monoisotopic (exact) mass is 410 g/mol. The number of nitrogens with zero attached hydrogens (tertiary/aromatic N) is 1. The second kappa shape index (κ2) is 8.19. The molecule has 0 unspecified atom stereocenters. The number of piperidine rings is 1. The molecule has 0 radical (unpaired) electrons. The van der Waals surface area contributed by atoms with Gasteiger partial charge in [-0.1, -0.05) is 23.7 Å². The molecule has 1 aliphatic heterocycles. The quantitative estimate of drug-likeness (QED) is 0.737. The van der Waals surface area contributed by atoms with Crippen LogP contribution in [0.2, 0.25) is 5.02 Å². The van der Waals surface area contributed by atoms with Crippen LogP contribution in [0.3, 0.4) is 0 Å². The number of benzene rings is 1. The molecule has 156 valence electrons. The Morgan fingerprint density at radius 2 is 1.46 bits per heavy atom. The van der Waals surface area contributed by atoms with Crippen molar-refractivity contribution in [1.82, 2.24) is 10.2 Å². The summed E-state index contributed by atoms with van der Waals surface area (Å²) in [6, 6.07) is 7.41. The van der Waals surface area contributed by atoms with Gasteiger partial charge >= 0.3 is 12.2 Å². The maximum absolute atomic E-state index is 12.5. The zero-order valence-electron chi connectivity index (χ0n) is 17.6. The normalized spacial score (nSPS) is 17.0. The molecule has 2 rings (SSSR count). The molecule has 1 aromatic rings. The van der Waals surface area contributed by atoms with Gasteiger partial charge < -0.3 is 19.7 Å². The van der Waals surface area contributed by atoms with Crippen molar-refractivity contribution < 1.29 is 19.1 Å². The molecule has 0 atom stereocenters. The van der Waals surface area contributed by atoms with Gasteiger partial charge in [-0.05, 0) is 72.1 Å². The third-order valence-electron chi connectivity index (χ3n) is 4.41. The van der Waals surface area contributed by atoms with Crippen molar-refractivity contribution >= 4 is 23.8 Å². The summed E-state index contributed by atoms with van der Waals surface area (Å²) in [5.41, 5.74) is -0.837. The minimum absolute atomic E-state index is 0.338. The van der Waals surface area contributed by atoms with Gasteiger partial charge in [0.2, 0.25) is 0 Å². The van der Waals surface area contributed by atoms with Crippen molar-refractivity contribution in [2.24, 2.45) is 0 Å². The summed E-state index contributed by atoms with van der Waals surface area (Å²) in [4.78, 5) is 26.6. The first kappa shape index (κ1) is 22.3. The highest BCUT2D eigenvalue weighted by atomic mass is 35.5. The van der Waals surface area contributed by atoms with E-state index in [9.17, 15) is 9.59 Å². The lowest BCUT2D eigenvalue weighted by atomic mass is 9.81. The predicted octanol–water partition coefficient (Wildman–Crippen LogP) is 5.09. The van der Waals surface area contributed by atoms with E-state index in [0.29, 0.717) is 31.0 Å². The summed E-state index contributed by atoms with van der Waals surface area (Å²) in [7, 11) is 0. The van der Waals surface area contributed by atoms with E-state index in [0.717, 1.165) is 5.56 Å². The number of carbonyl (C=O) groups excluding carboxylic acids is 2. The average molecular weight is 411 g/mol. The third-order valence-corrected chi connectivity index (χ3v) is 4.66. The van der Waals surface area contributed by atoms with Crippen LogP contribution >= 0.6 is 11.6 Å². The molecule has 2 amide bonds. The van der Waals surface area contributed by atoms with E-state index < -0.39 is 22.8 Å². The lowest BCUT2D eigenvalue weighted by Gasteiger charge is -2.43. The Hall–Kier alpha value is -1.95. The number of likely N-dealkylation sites (tertiary alicyclic amines) is 1. The van der Waals surface area contributed by atoms with Crippen LogP contribution in [-0.4, -0.2) is 41.4 Å². The highest BCUT2D eigenvalue weighted by Crippen LogP contribution is 2.34. The molecular formula is C21H31ClN2O4. The summed E-state index contributed by atoms with van der Waals surface area (Å²) in [6.07, 6.45) is 0.280. The zero-order valence-corrected chi connectivity index (χ0v) is 18.4. The van der Waals surface area contributed by atoms with E-state index in [-0.39, 0.29) is 6.09 Å². The Morgan fingerprint density at radius 1 is 0.964 bits per heavy atom. The standard InChI is InChI=1S/C21H31ClN2O4/c1-19(2,3)27-17(25)23-21(15-7-9-16(22)10-8-15)11-13-24(14-12-21)18(26)28-20(4,5)6/h7-10H,11-14H2,1-6H3,(H,23,25). The van der Waals surface area contributed by atoms with Crippen molar-refractivity contribution in [3.63, 3.8) is 0 Å². The average Bonchev–Trinajstić information content (AvgIpc) is 2.52. The van der Waals surface area contributed by atoms with Crippen molar-refractivity contribution in [2.75, 3.05) is 13.1 Å². The molecule has 1 heterocycles. The van der Waals surface area contributed by atoms with Gasteiger partial charge in [-0.25, -0.2) is 9.59 Å². The summed E-state index contributed by atoms with van der Waals surface area (Å²) in [5.74, 6) is 0. The van der Waals surface area contributed by atoms with Crippen molar-refractivity contribution in [2.45, 2.75) is 71.1 Å². The number of hydrogen-bond acceptors (Lipinski definition) is 4. The van der Waals surface area contributed by atoms with E-state index in [1.807, 2.05) is 53.7 Å². The topological polar surface area (TPSA) is 67.9 Å². The van der Waals surface area contributed by atoms with Gasteiger partial charge in [0.1, 0.15) is 11.2 Å². The highest BCUT2D eigenvalue weighted by Gasteiger charge is 2.40. The molecule has 6 nitrogen and oxygen atoms in total. The smallest absolute Gasteiger partial charge is 0.410 e. The first-order chi connectivity index (χ1) is 12.8. The maximum atomic E-state index is 12.5. The minimum atomic E-state index is -0.633. The van der Waals surface area contributed by atoms with E-state index in [1.165, 1.54) is 0 Å². The minimum Gasteiger partial charge on any atom is -0.444 e. The lowest BCUT2D eigenvalue weighted by Crippen LogP contribution is -2.55. The Bertz CT molecular complexity index is 697. The maximum Gasteiger partial charge on any atom is 0.410 e. The Kier molecular flexibility index (Phi) is 6.54. The second-order valence-electron chi connectivity index (χ2n) is 9.18. The first-order valence-electron chi connectivity index (χ1n) is 9.55. The number of carbonyl (C=O) groups is 2. The van der Waals surface area contributed by atoms with Crippen LogP contribution < -0.4 is 5.32 Å². The SMILES string of the molecule is CC(C)(C)OC(=O)NC1(c2ccc(Cl)cc2)CCN(C(=O)OC(C)(C)C)CC1. The lowest BCUT2D eigenvalue weighted by molar-refractivity contribution is 0.0115. The molecule has 1 N–H and O–H groups in total. The van der Waals surface area contributed by atoms with Gasteiger partial charge in [-0.2, -0.15) is 0 Å². The van der Waals surface area contributed by atoms with E-state index in [4.69, 9.17) is 21.1 Å². The number of amides is 2. The molecule has 0 bridgehead atoms. The van der Waals surface area contributed by atoms with Crippen LogP contribution in [0.4, 0.5) is 9.59 Å². The van der Waals surface area contributed by atoms with Crippen LogP contribution in [0.5, 0.6) is 0 Å². The van der Waals surface area contributed by atoms with Crippen LogP contribution in [0.1, 0.15) is 59.9 Å². The fraction of sp³-hybridized carbons (Fsp3) is 0.619. The molecule has 0 aliphatic carbocycles. The van der Waals surface area contributed by atoms with Crippen LogP contribution in [-0.2, 0) is 15.0 Å². The fourth-order valence-electron chi connectivity index (χ4n) is 3.15. The molecular weight excluding hydrogens is 380 g/mol. The van der Waals surface area contributed by atoms with E-state index in [1.54, 1.807) is 17.0 Å². The van der Waals surface area contributed by atoms with Crippen molar-refractivity contribution in [1.29, 1.82) is 0 Å². The molecule has 28 heavy (non-hydrogen) atoms. The van der Waals surface area contributed by atoms with E-state index >= 15 is 0 Å². The summed E-state index contributed by atoms with van der Waals surface area (Å²) in [5, 5.41) is 3.68. The van der Waals surface area contributed by atoms with Gasteiger partial charge in [-0.3, -0.25) is 0 Å². The first-order valence-corrected chi connectivity index (χ1v) is 9.93. The van der Waals surface area contributed by atoms with E-state index in [2.05, 4.69) is 5.32 Å². The molecule has 7 heteroatoms. The Morgan fingerprint density at radius 3 is 1.93 bits per heavy atom. The van der Waals surface area contributed by atoms with Gasteiger partial charge in [0, 0.05) is 18.1 Å². The molecule has 0 saturated carbocycles. The molecule has 1 fully saturated rings. The third kappa shape index (κ3) is 6.30. The molecule has 0 spiro atoms. The summed E-state index contributed by atoms with van der Waals surface area (Å²) < 4.78 is 10.9. The number of alkyl carbamates (subject to hydrolysis) is 1. The Balaban J connectivity index is 2.19. The van der Waals surface area contributed by atoms with Crippen molar-refractivity contribution in [3.8, 4) is 0 Å².